The molecular formula is C21H20O4. The zero-order chi connectivity index (χ0) is 18.2. The van der Waals surface area contributed by atoms with E-state index < -0.39 is 18.0 Å². The van der Waals surface area contributed by atoms with Crippen molar-refractivity contribution in [3.63, 3.8) is 0 Å². The van der Waals surface area contributed by atoms with E-state index in [1.54, 1.807) is 24.3 Å². The summed E-state index contributed by atoms with van der Waals surface area (Å²) < 4.78 is 0. The quantitative estimate of drug-likeness (QED) is 0.574. The number of carboxylic acids is 1. The predicted octanol–water partition coefficient (Wildman–Crippen LogP) is 2.94. The number of aliphatic carboxylic acids is 1. The van der Waals surface area contributed by atoms with Crippen LogP contribution in [-0.2, 0) is 11.2 Å². The third kappa shape index (κ3) is 5.03. The van der Waals surface area contributed by atoms with Gasteiger partial charge in [0.1, 0.15) is 0 Å². The van der Waals surface area contributed by atoms with Gasteiger partial charge in [-0.05, 0) is 18.4 Å². The first-order chi connectivity index (χ1) is 12.0. The summed E-state index contributed by atoms with van der Waals surface area (Å²) in [6.07, 6.45) is 4.95. The molecular weight excluding hydrogens is 316 g/mol. The average Bonchev–Trinajstić information content (AvgIpc) is 2.64. The largest absolute Gasteiger partial charge is 0.481 e. The van der Waals surface area contributed by atoms with Crippen LogP contribution in [0.3, 0.4) is 0 Å². The number of terminal acetylenes is 1. The number of ketones is 1. The van der Waals surface area contributed by atoms with E-state index in [0.717, 1.165) is 5.56 Å². The van der Waals surface area contributed by atoms with Crippen molar-refractivity contribution in [1.82, 2.24) is 0 Å². The Labute approximate surface area is 147 Å². The first-order valence-electron chi connectivity index (χ1n) is 8.06. The Morgan fingerprint density at radius 2 is 1.60 bits per heavy atom. The average molecular weight is 336 g/mol. The Kier molecular flexibility index (Phi) is 6.50. The van der Waals surface area contributed by atoms with Crippen LogP contribution in [0.1, 0.15) is 34.3 Å². The zero-order valence-electron chi connectivity index (χ0n) is 13.8. The topological polar surface area (TPSA) is 74.6 Å². The minimum absolute atomic E-state index is 0.00101. The number of aryl methyl sites for hydroxylation is 1. The van der Waals surface area contributed by atoms with Crippen molar-refractivity contribution in [2.24, 2.45) is 5.92 Å². The standard InChI is InChI=1S/C21H20O4/c1-2-6-18(21(24)25)19(22)14-11-15-9-12-17(13-10-15)20(23)16-7-4-3-5-8-16/h1,3-5,7-10,12-13,18-19,22H,6,11,14H2,(H,24,25). The summed E-state index contributed by atoms with van der Waals surface area (Å²) in [5, 5.41) is 19.1. The summed E-state index contributed by atoms with van der Waals surface area (Å²) in [5.41, 5.74) is 2.14. The molecule has 2 atom stereocenters. The lowest BCUT2D eigenvalue weighted by molar-refractivity contribution is -0.145. The SMILES string of the molecule is C#CCC(C(=O)O)C(O)CCc1ccc(C(=O)c2ccccc2)cc1. The monoisotopic (exact) mass is 336 g/mol. The van der Waals surface area contributed by atoms with Gasteiger partial charge in [-0.1, -0.05) is 54.6 Å². The second kappa shape index (κ2) is 8.81. The molecule has 0 heterocycles. The molecule has 0 aliphatic carbocycles. The van der Waals surface area contributed by atoms with Crippen molar-refractivity contribution in [2.75, 3.05) is 0 Å². The van der Waals surface area contributed by atoms with Crippen molar-refractivity contribution in [2.45, 2.75) is 25.4 Å². The molecule has 0 amide bonds. The molecule has 0 saturated carbocycles. The maximum Gasteiger partial charge on any atom is 0.310 e. The van der Waals surface area contributed by atoms with Crippen LogP contribution in [-0.4, -0.2) is 28.1 Å². The van der Waals surface area contributed by atoms with Crippen LogP contribution < -0.4 is 0 Å². The summed E-state index contributed by atoms with van der Waals surface area (Å²) in [4.78, 5) is 23.4. The van der Waals surface area contributed by atoms with Crippen LogP contribution in [0.2, 0.25) is 0 Å². The summed E-state index contributed by atoms with van der Waals surface area (Å²) in [6, 6.07) is 16.2. The van der Waals surface area contributed by atoms with Crippen LogP contribution in [0.25, 0.3) is 0 Å². The fourth-order valence-electron chi connectivity index (χ4n) is 2.61. The lowest BCUT2D eigenvalue weighted by atomic mass is 9.93. The molecule has 4 heteroatoms. The van der Waals surface area contributed by atoms with E-state index in [2.05, 4.69) is 5.92 Å². The number of aliphatic hydroxyl groups is 1. The van der Waals surface area contributed by atoms with Gasteiger partial charge in [0.05, 0.1) is 12.0 Å². The highest BCUT2D eigenvalue weighted by molar-refractivity contribution is 6.08. The molecule has 2 aromatic rings. The Balaban J connectivity index is 1.98. The molecule has 0 aromatic heterocycles. The van der Waals surface area contributed by atoms with E-state index >= 15 is 0 Å². The number of carbonyl (C=O) groups is 2. The Morgan fingerprint density at radius 3 is 2.16 bits per heavy atom. The first kappa shape index (κ1) is 18.4. The van der Waals surface area contributed by atoms with E-state index in [9.17, 15) is 14.7 Å². The van der Waals surface area contributed by atoms with Gasteiger partial charge in [0.25, 0.3) is 0 Å². The fraction of sp³-hybridized carbons (Fsp3) is 0.238. The van der Waals surface area contributed by atoms with Crippen LogP contribution in [0.4, 0.5) is 0 Å². The number of rotatable bonds is 8. The maximum absolute atomic E-state index is 12.3. The molecule has 0 radical (unpaired) electrons. The molecule has 0 fully saturated rings. The molecule has 0 bridgehead atoms. The number of aliphatic hydroxyl groups excluding tert-OH is 1. The summed E-state index contributed by atoms with van der Waals surface area (Å²) in [5.74, 6) is 0.193. The van der Waals surface area contributed by atoms with E-state index in [-0.39, 0.29) is 12.2 Å². The van der Waals surface area contributed by atoms with Gasteiger partial charge >= 0.3 is 5.97 Å². The van der Waals surface area contributed by atoms with Crippen molar-refractivity contribution >= 4 is 11.8 Å². The third-order valence-corrected chi connectivity index (χ3v) is 4.10. The third-order valence-electron chi connectivity index (χ3n) is 4.10. The Bertz CT molecular complexity index is 757. The van der Waals surface area contributed by atoms with Crippen LogP contribution in [0.15, 0.2) is 54.6 Å². The molecule has 2 unspecified atom stereocenters. The van der Waals surface area contributed by atoms with Crippen molar-refractivity contribution in [3.05, 3.63) is 71.3 Å². The number of carboxylic acid groups (broad SMARTS) is 1. The Hall–Kier alpha value is -2.90. The zero-order valence-corrected chi connectivity index (χ0v) is 13.8. The second-order valence-electron chi connectivity index (χ2n) is 5.85. The fourth-order valence-corrected chi connectivity index (χ4v) is 2.61. The minimum Gasteiger partial charge on any atom is -0.481 e. The first-order valence-corrected chi connectivity index (χ1v) is 8.06. The number of carbonyl (C=O) groups excluding carboxylic acids is 1. The van der Waals surface area contributed by atoms with Crippen molar-refractivity contribution in [3.8, 4) is 12.3 Å². The molecule has 0 aliphatic rings. The van der Waals surface area contributed by atoms with Gasteiger partial charge in [0.2, 0.25) is 0 Å². The van der Waals surface area contributed by atoms with Gasteiger partial charge < -0.3 is 10.2 Å². The van der Waals surface area contributed by atoms with Gasteiger partial charge in [-0.3, -0.25) is 9.59 Å². The van der Waals surface area contributed by atoms with Crippen LogP contribution in [0.5, 0.6) is 0 Å². The van der Waals surface area contributed by atoms with Gasteiger partial charge in [0.15, 0.2) is 5.78 Å². The van der Waals surface area contributed by atoms with Gasteiger partial charge in [-0.25, -0.2) is 0 Å². The number of hydrogen-bond donors (Lipinski definition) is 2. The van der Waals surface area contributed by atoms with Crippen LogP contribution >= 0.6 is 0 Å². The summed E-state index contributed by atoms with van der Waals surface area (Å²) in [7, 11) is 0. The molecule has 0 saturated heterocycles. The Morgan fingerprint density at radius 1 is 1.00 bits per heavy atom. The molecule has 0 spiro atoms. The highest BCUT2D eigenvalue weighted by atomic mass is 16.4. The van der Waals surface area contributed by atoms with Gasteiger partial charge in [-0.2, -0.15) is 0 Å². The van der Waals surface area contributed by atoms with E-state index in [4.69, 9.17) is 11.5 Å². The van der Waals surface area contributed by atoms with Gasteiger partial charge in [0, 0.05) is 17.5 Å². The second-order valence-corrected chi connectivity index (χ2v) is 5.85. The number of hydrogen-bond acceptors (Lipinski definition) is 3. The smallest absolute Gasteiger partial charge is 0.310 e. The molecule has 128 valence electrons. The predicted molar refractivity (Wildman–Crippen MR) is 95.2 cm³/mol. The lowest BCUT2D eigenvalue weighted by Crippen LogP contribution is -2.28. The molecule has 4 nitrogen and oxygen atoms in total. The normalized spacial score (nSPS) is 12.8. The van der Waals surface area contributed by atoms with Gasteiger partial charge in [-0.15, -0.1) is 12.3 Å². The summed E-state index contributed by atoms with van der Waals surface area (Å²) >= 11 is 0. The molecule has 0 aliphatic heterocycles. The number of benzene rings is 2. The van der Waals surface area contributed by atoms with E-state index in [1.165, 1.54) is 0 Å². The summed E-state index contributed by atoms with van der Waals surface area (Å²) in [6.45, 7) is 0. The molecule has 2 N–H and O–H groups in total. The highest BCUT2D eigenvalue weighted by Gasteiger charge is 2.25. The lowest BCUT2D eigenvalue weighted by Gasteiger charge is -2.17. The van der Waals surface area contributed by atoms with Crippen molar-refractivity contribution in [1.29, 1.82) is 0 Å². The molecule has 2 aromatic carbocycles. The molecule has 2 rings (SSSR count). The van der Waals surface area contributed by atoms with Crippen LogP contribution in [0, 0.1) is 18.3 Å². The molecule has 25 heavy (non-hydrogen) atoms. The minimum atomic E-state index is -1.09. The highest BCUT2D eigenvalue weighted by Crippen LogP contribution is 2.17. The maximum atomic E-state index is 12.3. The van der Waals surface area contributed by atoms with Crippen molar-refractivity contribution < 1.29 is 19.8 Å². The van der Waals surface area contributed by atoms with E-state index in [0.29, 0.717) is 24.0 Å². The van der Waals surface area contributed by atoms with E-state index in [1.807, 2.05) is 30.3 Å².